The van der Waals surface area contributed by atoms with Gasteiger partial charge in [0.05, 0.1) is 0 Å². The quantitative estimate of drug-likeness (QED) is 0.459. The van der Waals surface area contributed by atoms with E-state index in [-0.39, 0.29) is 19.6 Å². The first-order valence-electron chi connectivity index (χ1n) is 4.69. The highest BCUT2D eigenvalue weighted by atomic mass is 32.2. The normalized spacial score (nSPS) is 12.5. The molecule has 0 bridgehead atoms. The molecule has 5 nitrogen and oxygen atoms in total. The van der Waals surface area contributed by atoms with E-state index < -0.39 is 15.0 Å². The molecule has 0 fully saturated rings. The van der Waals surface area contributed by atoms with Crippen LogP contribution < -0.4 is 10.1 Å². The summed E-state index contributed by atoms with van der Waals surface area (Å²) in [6.07, 6.45) is -0.162. The molecule has 0 spiro atoms. The summed E-state index contributed by atoms with van der Waals surface area (Å²) >= 11 is 0. The molecule has 0 heterocycles. The first kappa shape index (κ1) is 13.6. The zero-order chi connectivity index (χ0) is 12.7. The van der Waals surface area contributed by atoms with Gasteiger partial charge in [-0.15, -0.1) is 0 Å². The van der Waals surface area contributed by atoms with E-state index in [4.69, 9.17) is 9.29 Å². The molecule has 0 saturated heterocycles. The molecule has 0 aliphatic carbocycles. The van der Waals surface area contributed by atoms with Crippen LogP contribution in [-0.2, 0) is 10.1 Å². The van der Waals surface area contributed by atoms with Crippen molar-refractivity contribution < 1.29 is 22.1 Å². The molecular weight excluding hydrogens is 249 g/mol. The fraction of sp³-hybridized carbons (Fsp3) is 0.200. The lowest BCUT2D eigenvalue weighted by Gasteiger charge is -2.07. The maximum atomic E-state index is 12.1. The Morgan fingerprint density at radius 3 is 2.59 bits per heavy atom. The number of benzene rings is 1. The third kappa shape index (κ3) is 4.94. The molecule has 2 N–H and O–H groups in total. The molecule has 0 saturated carbocycles. The van der Waals surface area contributed by atoms with Crippen molar-refractivity contribution in [3.63, 3.8) is 0 Å². The molecule has 94 valence electrons. The Kier molecular flexibility index (Phi) is 5.08. The molecule has 1 rings (SSSR count). The smallest absolute Gasteiger partial charge is 0.294 e. The Balaban J connectivity index is 2.34. The van der Waals surface area contributed by atoms with E-state index in [1.165, 1.54) is 0 Å². The number of nitrogens with one attached hydrogen (secondary N) is 1. The molecule has 0 atom stereocenters. The molecule has 0 aromatic heterocycles. The molecule has 0 aliphatic heterocycles. The van der Waals surface area contributed by atoms with Crippen LogP contribution in [0.1, 0.15) is 0 Å². The first-order valence-corrected chi connectivity index (χ1v) is 6.13. The number of ether oxygens (including phenoxy) is 1. The summed E-state index contributed by atoms with van der Waals surface area (Å²) in [6, 6.07) is 8.82. The molecule has 0 unspecified atom stereocenters. The average molecular weight is 261 g/mol. The van der Waals surface area contributed by atoms with E-state index in [0.29, 0.717) is 5.75 Å². The fourth-order valence-corrected chi connectivity index (χ4v) is 1.41. The van der Waals surface area contributed by atoms with Crippen molar-refractivity contribution in [3.8, 4) is 5.75 Å². The Morgan fingerprint density at radius 2 is 2.06 bits per heavy atom. The first-order chi connectivity index (χ1) is 8.04. The predicted molar refractivity (Wildman–Crippen MR) is 60.7 cm³/mol. The zero-order valence-electron chi connectivity index (χ0n) is 8.84. The van der Waals surface area contributed by atoms with E-state index in [1.54, 1.807) is 24.3 Å². The lowest BCUT2D eigenvalue weighted by Crippen LogP contribution is -2.25. The summed E-state index contributed by atoms with van der Waals surface area (Å²) in [5.74, 6) is 0.595. The van der Waals surface area contributed by atoms with Crippen LogP contribution in [0.3, 0.4) is 0 Å². The van der Waals surface area contributed by atoms with Crippen LogP contribution in [0.25, 0.3) is 0 Å². The number of hydrogen-bond acceptors (Lipinski definition) is 4. The van der Waals surface area contributed by atoms with Gasteiger partial charge in [-0.25, -0.2) is 4.39 Å². The van der Waals surface area contributed by atoms with Gasteiger partial charge >= 0.3 is 0 Å². The van der Waals surface area contributed by atoms with Gasteiger partial charge in [0.25, 0.3) is 10.1 Å². The molecule has 0 radical (unpaired) electrons. The van der Waals surface area contributed by atoms with Crippen LogP contribution in [0.5, 0.6) is 5.75 Å². The van der Waals surface area contributed by atoms with Crippen molar-refractivity contribution in [1.82, 2.24) is 5.32 Å². The maximum Gasteiger partial charge on any atom is 0.294 e. The Labute approximate surface area is 98.7 Å². The average Bonchev–Trinajstić information content (AvgIpc) is 2.28. The van der Waals surface area contributed by atoms with Crippen molar-refractivity contribution in [2.45, 2.75) is 0 Å². The minimum atomic E-state index is -4.49. The van der Waals surface area contributed by atoms with Crippen molar-refractivity contribution >= 4 is 10.1 Å². The van der Waals surface area contributed by atoms with E-state index in [0.717, 1.165) is 0 Å². The van der Waals surface area contributed by atoms with Gasteiger partial charge in [-0.2, -0.15) is 8.42 Å². The van der Waals surface area contributed by atoms with E-state index in [2.05, 4.69) is 5.32 Å². The van der Waals surface area contributed by atoms with Crippen molar-refractivity contribution in [3.05, 3.63) is 41.6 Å². The third-order valence-electron chi connectivity index (χ3n) is 1.84. The molecule has 1 aromatic carbocycles. The number of halogens is 1. The van der Waals surface area contributed by atoms with Crippen LogP contribution in [0.15, 0.2) is 41.6 Å². The van der Waals surface area contributed by atoms with Gasteiger partial charge < -0.3 is 4.74 Å². The molecular formula is C10H12FNO4S. The molecule has 7 heteroatoms. The summed E-state index contributed by atoms with van der Waals surface area (Å²) in [6.45, 7) is -0.348. The van der Waals surface area contributed by atoms with Crippen LogP contribution in [0, 0.1) is 0 Å². The van der Waals surface area contributed by atoms with Gasteiger partial charge in [0, 0.05) is 6.54 Å². The Hall–Kier alpha value is -1.44. The summed E-state index contributed by atoms with van der Waals surface area (Å²) in [7, 11) is -4.49. The molecule has 1 aromatic rings. The van der Waals surface area contributed by atoms with Crippen LogP contribution in [0.2, 0.25) is 0 Å². The minimum absolute atomic E-state index is 0.00310. The number of hydrogen-bond donors (Lipinski definition) is 2. The lowest BCUT2D eigenvalue weighted by atomic mass is 10.3. The lowest BCUT2D eigenvalue weighted by molar-refractivity contribution is 0.289. The summed E-state index contributed by atoms with van der Waals surface area (Å²) in [4.78, 5) is -0.742. The van der Waals surface area contributed by atoms with E-state index in [9.17, 15) is 12.8 Å². The number of para-hydroxylation sites is 1. The van der Waals surface area contributed by atoms with Gasteiger partial charge in [0.1, 0.15) is 23.7 Å². The fourth-order valence-electron chi connectivity index (χ4n) is 1.01. The topological polar surface area (TPSA) is 75.6 Å². The van der Waals surface area contributed by atoms with Gasteiger partial charge in [-0.1, -0.05) is 18.2 Å². The standard InChI is InChI=1S/C10H12FNO4S/c11-6-10(17(13,14)15)7-12-8-16-9-4-2-1-3-5-9/h1-6,12H,7-8H2,(H,13,14,15). The van der Waals surface area contributed by atoms with Gasteiger partial charge in [-0.05, 0) is 12.1 Å². The molecule has 0 aliphatic rings. The monoisotopic (exact) mass is 261 g/mol. The van der Waals surface area contributed by atoms with Gasteiger partial charge in [0.2, 0.25) is 0 Å². The van der Waals surface area contributed by atoms with Crippen LogP contribution >= 0.6 is 0 Å². The highest BCUT2D eigenvalue weighted by molar-refractivity contribution is 7.89. The summed E-state index contributed by atoms with van der Waals surface area (Å²) in [5, 5.41) is 2.52. The van der Waals surface area contributed by atoms with Crippen LogP contribution in [0.4, 0.5) is 4.39 Å². The second-order valence-electron chi connectivity index (χ2n) is 3.08. The predicted octanol–water partition coefficient (Wildman–Crippen LogP) is 1.31. The maximum absolute atomic E-state index is 12.1. The Morgan fingerprint density at radius 1 is 1.41 bits per heavy atom. The summed E-state index contributed by atoms with van der Waals surface area (Å²) in [5.41, 5.74) is 0. The van der Waals surface area contributed by atoms with Gasteiger partial charge in [-0.3, -0.25) is 9.87 Å². The van der Waals surface area contributed by atoms with Gasteiger partial charge in [0.15, 0.2) is 0 Å². The Bertz CT molecular complexity index is 472. The minimum Gasteiger partial charge on any atom is -0.478 e. The van der Waals surface area contributed by atoms with Crippen molar-refractivity contribution in [2.75, 3.05) is 13.3 Å². The third-order valence-corrected chi connectivity index (χ3v) is 2.73. The second-order valence-corrected chi connectivity index (χ2v) is 4.55. The highest BCUT2D eigenvalue weighted by Crippen LogP contribution is 2.07. The van der Waals surface area contributed by atoms with Crippen molar-refractivity contribution in [2.24, 2.45) is 0 Å². The van der Waals surface area contributed by atoms with Crippen molar-refractivity contribution in [1.29, 1.82) is 0 Å². The largest absolute Gasteiger partial charge is 0.478 e. The van der Waals surface area contributed by atoms with E-state index >= 15 is 0 Å². The number of rotatable bonds is 6. The molecule has 17 heavy (non-hydrogen) atoms. The SMILES string of the molecule is O=S(=O)(O)C(=CF)CNCOc1ccccc1. The summed E-state index contributed by atoms with van der Waals surface area (Å²) < 4.78 is 47.1. The second kappa shape index (κ2) is 6.33. The van der Waals surface area contributed by atoms with Crippen LogP contribution in [-0.4, -0.2) is 26.2 Å². The highest BCUT2D eigenvalue weighted by Gasteiger charge is 2.13. The molecule has 0 amide bonds. The zero-order valence-corrected chi connectivity index (χ0v) is 9.65. The van der Waals surface area contributed by atoms with E-state index in [1.807, 2.05) is 6.07 Å².